The lowest BCUT2D eigenvalue weighted by Gasteiger charge is -2.15. The molecule has 1 saturated carbocycles. The van der Waals surface area contributed by atoms with Crippen molar-refractivity contribution >= 4 is 5.91 Å². The summed E-state index contributed by atoms with van der Waals surface area (Å²) in [5.41, 5.74) is 2.04. The molecule has 24 heavy (non-hydrogen) atoms. The first-order chi connectivity index (χ1) is 11.7. The average molecular weight is 327 g/mol. The van der Waals surface area contributed by atoms with Gasteiger partial charge in [-0.25, -0.2) is 0 Å². The van der Waals surface area contributed by atoms with E-state index in [9.17, 15) is 4.79 Å². The number of rotatable bonds is 5. The number of carbonyl (C=O) groups excluding carboxylic acids is 1. The Morgan fingerprint density at radius 3 is 2.67 bits per heavy atom. The van der Waals surface area contributed by atoms with Crippen molar-refractivity contribution < 1.29 is 9.21 Å². The first-order valence-corrected chi connectivity index (χ1v) is 8.90. The van der Waals surface area contributed by atoms with Crippen molar-refractivity contribution in [3.63, 3.8) is 0 Å². The Morgan fingerprint density at radius 1 is 1.17 bits per heavy atom. The fraction of sp³-hybridized carbons (Fsp3) is 0.526. The SMILES string of the molecule is Cc1ccccc1-c1nnc(CCC(=O)NC2CCCCCC2)o1. The predicted molar refractivity (Wildman–Crippen MR) is 92.4 cm³/mol. The van der Waals surface area contributed by atoms with Gasteiger partial charge in [0.2, 0.25) is 17.7 Å². The number of nitrogens with one attached hydrogen (secondary N) is 1. The van der Waals surface area contributed by atoms with E-state index in [4.69, 9.17) is 4.42 Å². The van der Waals surface area contributed by atoms with Crippen LogP contribution in [0.25, 0.3) is 11.5 Å². The summed E-state index contributed by atoms with van der Waals surface area (Å²) in [4.78, 5) is 12.1. The molecule has 0 aliphatic heterocycles. The lowest BCUT2D eigenvalue weighted by molar-refractivity contribution is -0.121. The molecule has 1 N–H and O–H groups in total. The number of hydrogen-bond acceptors (Lipinski definition) is 4. The highest BCUT2D eigenvalue weighted by molar-refractivity contribution is 5.76. The number of carbonyl (C=O) groups is 1. The van der Waals surface area contributed by atoms with Crippen molar-refractivity contribution in [3.8, 4) is 11.5 Å². The van der Waals surface area contributed by atoms with Gasteiger partial charge in [-0.15, -0.1) is 10.2 Å². The molecular weight excluding hydrogens is 302 g/mol. The molecule has 0 unspecified atom stereocenters. The van der Waals surface area contributed by atoms with Gasteiger partial charge in [0.15, 0.2) is 0 Å². The minimum absolute atomic E-state index is 0.0811. The van der Waals surface area contributed by atoms with Gasteiger partial charge in [0.05, 0.1) is 0 Å². The van der Waals surface area contributed by atoms with E-state index in [1.807, 2.05) is 31.2 Å². The lowest BCUT2D eigenvalue weighted by Crippen LogP contribution is -2.34. The van der Waals surface area contributed by atoms with Crippen LogP contribution in [0, 0.1) is 6.92 Å². The number of amides is 1. The van der Waals surface area contributed by atoms with Gasteiger partial charge in [0, 0.05) is 24.4 Å². The summed E-state index contributed by atoms with van der Waals surface area (Å²) in [6.07, 6.45) is 8.09. The highest BCUT2D eigenvalue weighted by Gasteiger charge is 2.16. The van der Waals surface area contributed by atoms with Crippen LogP contribution in [0.1, 0.15) is 56.4 Å². The van der Waals surface area contributed by atoms with Crippen LogP contribution in [0.4, 0.5) is 0 Å². The van der Waals surface area contributed by atoms with E-state index < -0.39 is 0 Å². The highest BCUT2D eigenvalue weighted by Crippen LogP contribution is 2.22. The third-order valence-corrected chi connectivity index (χ3v) is 4.63. The van der Waals surface area contributed by atoms with Crippen molar-refractivity contribution in [2.24, 2.45) is 0 Å². The average Bonchev–Trinajstić information content (AvgIpc) is 2.90. The Balaban J connectivity index is 1.52. The lowest BCUT2D eigenvalue weighted by atomic mass is 10.1. The monoisotopic (exact) mass is 327 g/mol. The van der Waals surface area contributed by atoms with E-state index in [-0.39, 0.29) is 5.91 Å². The van der Waals surface area contributed by atoms with Gasteiger partial charge in [0.1, 0.15) is 0 Å². The van der Waals surface area contributed by atoms with Gasteiger partial charge in [-0.1, -0.05) is 43.9 Å². The molecule has 2 aromatic rings. The molecule has 1 aromatic heterocycles. The maximum atomic E-state index is 12.1. The van der Waals surface area contributed by atoms with E-state index in [2.05, 4.69) is 15.5 Å². The predicted octanol–water partition coefficient (Wildman–Crippen LogP) is 3.82. The van der Waals surface area contributed by atoms with Crippen molar-refractivity contribution in [2.45, 2.75) is 64.3 Å². The van der Waals surface area contributed by atoms with Crippen molar-refractivity contribution in [3.05, 3.63) is 35.7 Å². The third kappa shape index (κ3) is 4.43. The van der Waals surface area contributed by atoms with E-state index in [1.54, 1.807) is 0 Å². The zero-order valence-electron chi connectivity index (χ0n) is 14.3. The Kier molecular flexibility index (Phi) is 5.62. The molecule has 0 bridgehead atoms. The zero-order valence-corrected chi connectivity index (χ0v) is 14.3. The molecule has 5 nitrogen and oxygen atoms in total. The number of nitrogens with zero attached hydrogens (tertiary/aromatic N) is 2. The Labute approximate surface area is 142 Å². The first-order valence-electron chi connectivity index (χ1n) is 8.90. The summed E-state index contributed by atoms with van der Waals surface area (Å²) in [7, 11) is 0. The molecule has 0 radical (unpaired) electrons. The van der Waals surface area contributed by atoms with Crippen LogP contribution in [0.15, 0.2) is 28.7 Å². The maximum Gasteiger partial charge on any atom is 0.247 e. The van der Waals surface area contributed by atoms with Crippen molar-refractivity contribution in [1.82, 2.24) is 15.5 Å². The van der Waals surface area contributed by atoms with E-state index >= 15 is 0 Å². The molecule has 1 aliphatic carbocycles. The van der Waals surface area contributed by atoms with Crippen LogP contribution in [0.2, 0.25) is 0 Å². The standard InChI is InChI=1S/C19H25N3O2/c1-14-8-6-7-11-16(14)19-22-21-18(24-19)13-12-17(23)20-15-9-4-2-3-5-10-15/h6-8,11,15H,2-5,9-10,12-13H2,1H3,(H,20,23). The molecule has 5 heteroatoms. The molecule has 1 aromatic carbocycles. The van der Waals surface area contributed by atoms with Crippen LogP contribution < -0.4 is 5.32 Å². The smallest absolute Gasteiger partial charge is 0.247 e. The van der Waals surface area contributed by atoms with E-state index in [0.29, 0.717) is 30.7 Å². The second-order valence-corrected chi connectivity index (χ2v) is 6.57. The fourth-order valence-electron chi connectivity index (χ4n) is 3.22. The number of benzene rings is 1. The largest absolute Gasteiger partial charge is 0.421 e. The second kappa shape index (κ2) is 8.08. The third-order valence-electron chi connectivity index (χ3n) is 4.63. The van der Waals surface area contributed by atoms with E-state index in [0.717, 1.165) is 24.0 Å². The first kappa shape index (κ1) is 16.7. The molecule has 128 valence electrons. The Bertz CT molecular complexity index is 673. The zero-order chi connectivity index (χ0) is 16.8. The van der Waals surface area contributed by atoms with Gasteiger partial charge >= 0.3 is 0 Å². The minimum atomic E-state index is 0.0811. The van der Waals surface area contributed by atoms with Gasteiger partial charge in [-0.3, -0.25) is 4.79 Å². The van der Waals surface area contributed by atoms with Crippen molar-refractivity contribution in [2.75, 3.05) is 0 Å². The fourth-order valence-corrected chi connectivity index (χ4v) is 3.22. The summed E-state index contributed by atoms with van der Waals surface area (Å²) in [5, 5.41) is 11.3. The van der Waals surface area contributed by atoms with Gasteiger partial charge < -0.3 is 9.73 Å². The quantitative estimate of drug-likeness (QED) is 0.848. The molecule has 0 atom stereocenters. The molecule has 1 amide bonds. The Hall–Kier alpha value is -2.17. The number of aryl methyl sites for hydroxylation is 2. The van der Waals surface area contributed by atoms with Crippen LogP contribution in [0.3, 0.4) is 0 Å². The normalized spacial score (nSPS) is 15.9. The number of aromatic nitrogens is 2. The molecular formula is C19H25N3O2. The van der Waals surface area contributed by atoms with Gasteiger partial charge in [-0.05, 0) is 31.4 Å². The van der Waals surface area contributed by atoms with Gasteiger partial charge in [-0.2, -0.15) is 0 Å². The molecule has 1 heterocycles. The van der Waals surface area contributed by atoms with Crippen LogP contribution in [-0.4, -0.2) is 22.1 Å². The topological polar surface area (TPSA) is 68.0 Å². The summed E-state index contributed by atoms with van der Waals surface area (Å²) in [6, 6.07) is 8.25. The second-order valence-electron chi connectivity index (χ2n) is 6.57. The summed E-state index contributed by atoms with van der Waals surface area (Å²) >= 11 is 0. The summed E-state index contributed by atoms with van der Waals surface area (Å²) in [5.74, 6) is 1.12. The molecule has 1 fully saturated rings. The highest BCUT2D eigenvalue weighted by atomic mass is 16.4. The van der Waals surface area contributed by atoms with Crippen LogP contribution in [-0.2, 0) is 11.2 Å². The maximum absolute atomic E-state index is 12.1. The molecule has 1 aliphatic rings. The molecule has 3 rings (SSSR count). The van der Waals surface area contributed by atoms with Crippen LogP contribution in [0.5, 0.6) is 0 Å². The minimum Gasteiger partial charge on any atom is -0.421 e. The molecule has 0 saturated heterocycles. The van der Waals surface area contributed by atoms with Crippen LogP contribution >= 0.6 is 0 Å². The molecule has 0 spiro atoms. The van der Waals surface area contributed by atoms with Crippen molar-refractivity contribution in [1.29, 1.82) is 0 Å². The number of hydrogen-bond donors (Lipinski definition) is 1. The summed E-state index contributed by atoms with van der Waals surface area (Å²) in [6.45, 7) is 2.01. The van der Waals surface area contributed by atoms with Gasteiger partial charge in [0.25, 0.3) is 0 Å². The summed E-state index contributed by atoms with van der Waals surface area (Å²) < 4.78 is 5.71. The van der Waals surface area contributed by atoms with E-state index in [1.165, 1.54) is 25.7 Å². The Morgan fingerprint density at radius 2 is 1.92 bits per heavy atom.